The minimum atomic E-state index is -3.63. The highest BCUT2D eigenvalue weighted by atomic mass is 32.2. The Bertz CT molecular complexity index is 1210. The van der Waals surface area contributed by atoms with Crippen molar-refractivity contribution in [3.05, 3.63) is 83.2 Å². The summed E-state index contributed by atoms with van der Waals surface area (Å²) in [4.78, 5) is 12.4. The predicted molar refractivity (Wildman–Crippen MR) is 129 cm³/mol. The number of nitrogens with one attached hydrogen (secondary N) is 1. The zero-order valence-corrected chi connectivity index (χ0v) is 19.6. The Morgan fingerprint density at radius 1 is 1.09 bits per heavy atom. The quantitative estimate of drug-likeness (QED) is 0.419. The van der Waals surface area contributed by atoms with Crippen LogP contribution in [0.3, 0.4) is 0 Å². The van der Waals surface area contributed by atoms with Crippen LogP contribution in [0.5, 0.6) is 0 Å². The lowest BCUT2D eigenvalue weighted by Gasteiger charge is -2.21. The number of anilines is 1. The van der Waals surface area contributed by atoms with E-state index in [0.29, 0.717) is 5.69 Å². The smallest absolute Gasteiger partial charge is 0.260 e. The average molecular weight is 453 g/mol. The van der Waals surface area contributed by atoms with E-state index in [1.54, 1.807) is 18.3 Å². The molecular formula is C24H28N4O3S. The number of hydrogen-bond donors (Lipinski definition) is 1. The van der Waals surface area contributed by atoms with Crippen LogP contribution in [0.2, 0.25) is 0 Å². The fraction of sp³-hybridized carbons (Fsp3) is 0.250. The number of benzene rings is 2. The summed E-state index contributed by atoms with van der Waals surface area (Å²) in [5.41, 5.74) is 7.90. The van der Waals surface area contributed by atoms with Crippen LogP contribution in [0.15, 0.2) is 65.8 Å². The van der Waals surface area contributed by atoms with Gasteiger partial charge in [0, 0.05) is 22.6 Å². The average Bonchev–Trinajstić information content (AvgIpc) is 3.05. The normalized spacial score (nSPS) is 11.6. The van der Waals surface area contributed by atoms with E-state index in [1.165, 1.54) is 0 Å². The number of rotatable bonds is 8. The number of sulfonamides is 1. The van der Waals surface area contributed by atoms with Crippen molar-refractivity contribution in [3.8, 4) is 5.69 Å². The molecule has 3 rings (SSSR count). The minimum Gasteiger partial charge on any atom is -0.318 e. The SMILES string of the molecule is CCc1ccc(N(CC(=O)N/N=C\c2cc(C)n(-c3ccccc3)c2C)S(C)(=O)=O)cc1. The molecule has 3 aromatic rings. The fourth-order valence-corrected chi connectivity index (χ4v) is 4.39. The number of nitrogens with zero attached hydrogens (tertiary/aromatic N) is 3. The standard InChI is InChI=1S/C24H28N4O3S/c1-5-20-11-13-22(14-12-20)27(32(4,30)31)17-24(29)26-25-16-21-15-18(2)28(19(21)3)23-9-7-6-8-10-23/h6-16H,5,17H2,1-4H3,(H,26,29)/b25-16-. The topological polar surface area (TPSA) is 83.8 Å². The predicted octanol–water partition coefficient (Wildman–Crippen LogP) is 3.57. The molecule has 7 nitrogen and oxygen atoms in total. The van der Waals surface area contributed by atoms with Gasteiger partial charge < -0.3 is 4.57 Å². The summed E-state index contributed by atoms with van der Waals surface area (Å²) in [5, 5.41) is 4.05. The van der Waals surface area contributed by atoms with E-state index in [2.05, 4.69) is 15.1 Å². The molecule has 0 fully saturated rings. The number of amides is 1. The van der Waals surface area contributed by atoms with Gasteiger partial charge in [0.2, 0.25) is 10.0 Å². The summed E-state index contributed by atoms with van der Waals surface area (Å²) in [6.45, 7) is 5.65. The van der Waals surface area contributed by atoms with Gasteiger partial charge in [-0.15, -0.1) is 0 Å². The molecular weight excluding hydrogens is 424 g/mol. The number of aromatic nitrogens is 1. The van der Waals surface area contributed by atoms with Crippen LogP contribution >= 0.6 is 0 Å². The first-order chi connectivity index (χ1) is 15.2. The molecule has 1 N–H and O–H groups in total. The van der Waals surface area contributed by atoms with Crippen LogP contribution in [0.1, 0.15) is 29.4 Å². The summed E-state index contributed by atoms with van der Waals surface area (Å²) in [6.07, 6.45) is 3.50. The summed E-state index contributed by atoms with van der Waals surface area (Å²) in [7, 11) is -3.63. The van der Waals surface area contributed by atoms with Gasteiger partial charge in [-0.05, 0) is 56.2 Å². The van der Waals surface area contributed by atoms with Crippen LogP contribution in [0.4, 0.5) is 5.69 Å². The van der Waals surface area contributed by atoms with Crippen molar-refractivity contribution < 1.29 is 13.2 Å². The Hall–Kier alpha value is -3.39. The maximum atomic E-state index is 12.4. The Labute approximate surface area is 189 Å². The molecule has 2 aromatic carbocycles. The number of hydrogen-bond acceptors (Lipinski definition) is 4. The van der Waals surface area contributed by atoms with Crippen molar-refractivity contribution in [1.29, 1.82) is 0 Å². The van der Waals surface area contributed by atoms with Gasteiger partial charge in [0.1, 0.15) is 6.54 Å². The van der Waals surface area contributed by atoms with Crippen LogP contribution in [-0.4, -0.2) is 37.9 Å². The molecule has 0 saturated carbocycles. The molecule has 1 aromatic heterocycles. The Kier molecular flexibility index (Phi) is 7.15. The molecule has 0 unspecified atom stereocenters. The molecule has 32 heavy (non-hydrogen) atoms. The highest BCUT2D eigenvalue weighted by Gasteiger charge is 2.20. The number of para-hydroxylation sites is 1. The van der Waals surface area contributed by atoms with Crippen LogP contribution < -0.4 is 9.73 Å². The molecule has 0 aliphatic heterocycles. The van der Waals surface area contributed by atoms with Gasteiger partial charge in [0.25, 0.3) is 5.91 Å². The highest BCUT2D eigenvalue weighted by molar-refractivity contribution is 7.92. The van der Waals surface area contributed by atoms with Crippen molar-refractivity contribution >= 4 is 27.8 Å². The van der Waals surface area contributed by atoms with Crippen LogP contribution in [0, 0.1) is 13.8 Å². The van der Waals surface area contributed by atoms with Crippen molar-refractivity contribution in [2.24, 2.45) is 5.10 Å². The van der Waals surface area contributed by atoms with Crippen LogP contribution in [0.25, 0.3) is 5.69 Å². The monoisotopic (exact) mass is 452 g/mol. The third-order valence-corrected chi connectivity index (χ3v) is 6.34. The highest BCUT2D eigenvalue weighted by Crippen LogP contribution is 2.20. The maximum Gasteiger partial charge on any atom is 0.260 e. The fourth-order valence-electron chi connectivity index (χ4n) is 3.53. The van der Waals surface area contributed by atoms with E-state index >= 15 is 0 Å². The number of carbonyl (C=O) groups is 1. The third kappa shape index (κ3) is 5.45. The maximum absolute atomic E-state index is 12.4. The van der Waals surface area contributed by atoms with Crippen molar-refractivity contribution in [2.45, 2.75) is 27.2 Å². The lowest BCUT2D eigenvalue weighted by Crippen LogP contribution is -2.39. The second kappa shape index (κ2) is 9.82. The molecule has 0 aliphatic carbocycles. The van der Waals surface area contributed by atoms with Gasteiger partial charge in [-0.3, -0.25) is 9.10 Å². The summed E-state index contributed by atoms with van der Waals surface area (Å²) in [6, 6.07) is 19.1. The Morgan fingerprint density at radius 3 is 2.34 bits per heavy atom. The number of carbonyl (C=O) groups excluding carboxylic acids is 1. The lowest BCUT2D eigenvalue weighted by atomic mass is 10.1. The second-order valence-electron chi connectivity index (χ2n) is 7.58. The summed E-state index contributed by atoms with van der Waals surface area (Å²) >= 11 is 0. The van der Waals surface area contributed by atoms with E-state index in [0.717, 1.165) is 45.2 Å². The molecule has 8 heteroatoms. The van der Waals surface area contributed by atoms with Crippen molar-refractivity contribution in [3.63, 3.8) is 0 Å². The lowest BCUT2D eigenvalue weighted by molar-refractivity contribution is -0.119. The molecule has 0 aliphatic rings. The molecule has 0 atom stereocenters. The molecule has 0 saturated heterocycles. The number of aryl methyl sites for hydroxylation is 2. The first-order valence-electron chi connectivity index (χ1n) is 10.3. The van der Waals surface area contributed by atoms with Gasteiger partial charge in [-0.2, -0.15) is 5.10 Å². The molecule has 1 heterocycles. The van der Waals surface area contributed by atoms with Gasteiger partial charge in [0.05, 0.1) is 18.2 Å². The van der Waals surface area contributed by atoms with E-state index in [9.17, 15) is 13.2 Å². The van der Waals surface area contributed by atoms with E-state index in [4.69, 9.17) is 0 Å². The third-order valence-electron chi connectivity index (χ3n) is 5.20. The Morgan fingerprint density at radius 2 is 1.75 bits per heavy atom. The van der Waals surface area contributed by atoms with Gasteiger partial charge in [0.15, 0.2) is 0 Å². The molecule has 168 valence electrons. The summed E-state index contributed by atoms with van der Waals surface area (Å²) < 4.78 is 27.7. The van der Waals surface area contributed by atoms with E-state index in [1.807, 2.05) is 69.3 Å². The molecule has 0 bridgehead atoms. The first-order valence-corrected chi connectivity index (χ1v) is 12.2. The van der Waals surface area contributed by atoms with Crippen LogP contribution in [-0.2, 0) is 21.2 Å². The van der Waals surface area contributed by atoms with E-state index < -0.39 is 15.9 Å². The molecule has 0 radical (unpaired) electrons. The molecule has 0 spiro atoms. The Balaban J connectivity index is 1.72. The number of hydrazone groups is 1. The van der Waals surface area contributed by atoms with Gasteiger partial charge >= 0.3 is 0 Å². The van der Waals surface area contributed by atoms with Crippen molar-refractivity contribution in [2.75, 3.05) is 17.1 Å². The first kappa shape index (κ1) is 23.3. The zero-order chi connectivity index (χ0) is 23.3. The zero-order valence-electron chi connectivity index (χ0n) is 18.7. The summed E-state index contributed by atoms with van der Waals surface area (Å²) in [5.74, 6) is -0.525. The molecule has 1 amide bonds. The van der Waals surface area contributed by atoms with Gasteiger partial charge in [-0.25, -0.2) is 13.8 Å². The largest absolute Gasteiger partial charge is 0.318 e. The van der Waals surface area contributed by atoms with Crippen molar-refractivity contribution in [1.82, 2.24) is 9.99 Å². The van der Waals surface area contributed by atoms with Gasteiger partial charge in [-0.1, -0.05) is 37.3 Å². The minimum absolute atomic E-state index is 0.356. The second-order valence-corrected chi connectivity index (χ2v) is 9.49. The van der Waals surface area contributed by atoms with E-state index in [-0.39, 0.29) is 6.54 Å².